The third kappa shape index (κ3) is 3.19. The summed E-state index contributed by atoms with van der Waals surface area (Å²) >= 11 is 3.13. The molecule has 0 saturated carbocycles. The number of ether oxygens (including phenoxy) is 1. The Labute approximate surface area is 126 Å². The lowest BCUT2D eigenvalue weighted by molar-refractivity contribution is 0.172. The van der Waals surface area contributed by atoms with Crippen LogP contribution < -0.4 is 4.74 Å². The van der Waals surface area contributed by atoms with Crippen LogP contribution in [0.25, 0.3) is 0 Å². The molecule has 2 rings (SSSR count). The molecule has 1 N–H and O–H groups in total. The van der Waals surface area contributed by atoms with Gasteiger partial charge < -0.3 is 9.84 Å². The molecule has 0 saturated heterocycles. The molecule has 4 heteroatoms. The first-order valence-corrected chi connectivity index (χ1v) is 7.07. The zero-order valence-electron chi connectivity index (χ0n) is 11.4. The van der Waals surface area contributed by atoms with Gasteiger partial charge >= 0.3 is 0 Å². The van der Waals surface area contributed by atoms with E-state index in [-0.39, 0.29) is 5.56 Å². The maximum atomic E-state index is 14.0. The van der Waals surface area contributed by atoms with Crippen molar-refractivity contribution in [2.24, 2.45) is 0 Å². The number of hydrogen-bond acceptors (Lipinski definition) is 2. The third-order valence-electron chi connectivity index (χ3n) is 3.19. The number of rotatable bonds is 4. The first-order chi connectivity index (χ1) is 9.52. The lowest BCUT2D eigenvalue weighted by atomic mass is 9.99. The minimum absolute atomic E-state index is 0.280. The van der Waals surface area contributed by atoms with Gasteiger partial charge in [0.05, 0.1) is 17.7 Å². The number of benzene rings is 2. The quantitative estimate of drug-likeness (QED) is 0.905. The Morgan fingerprint density at radius 2 is 2.05 bits per heavy atom. The summed E-state index contributed by atoms with van der Waals surface area (Å²) in [4.78, 5) is 0. The summed E-state index contributed by atoms with van der Waals surface area (Å²) in [6.45, 7) is 1.97. The van der Waals surface area contributed by atoms with Gasteiger partial charge in [0.2, 0.25) is 0 Å². The normalized spacial score (nSPS) is 12.2. The van der Waals surface area contributed by atoms with Crippen molar-refractivity contribution in [1.29, 1.82) is 0 Å². The largest absolute Gasteiger partial charge is 0.496 e. The maximum Gasteiger partial charge on any atom is 0.143 e. The number of aliphatic hydroxyl groups is 1. The maximum absolute atomic E-state index is 14.0. The predicted octanol–water partition coefficient (Wildman–Crippen LogP) is 4.18. The Hall–Kier alpha value is -1.39. The van der Waals surface area contributed by atoms with Gasteiger partial charge in [-0.3, -0.25) is 0 Å². The lowest BCUT2D eigenvalue weighted by Gasteiger charge is -2.15. The fraction of sp³-hybridized carbons (Fsp3) is 0.250. The van der Waals surface area contributed by atoms with Gasteiger partial charge in [-0.25, -0.2) is 4.39 Å². The van der Waals surface area contributed by atoms with Crippen molar-refractivity contribution >= 4 is 15.9 Å². The molecular weight excluding hydrogens is 323 g/mol. The summed E-state index contributed by atoms with van der Waals surface area (Å²) in [5.41, 5.74) is 2.21. The summed E-state index contributed by atoms with van der Waals surface area (Å²) < 4.78 is 19.6. The Morgan fingerprint density at radius 1 is 1.30 bits per heavy atom. The summed E-state index contributed by atoms with van der Waals surface area (Å²) in [6, 6.07) is 10.6. The molecule has 0 heterocycles. The highest BCUT2D eigenvalue weighted by Crippen LogP contribution is 2.29. The van der Waals surface area contributed by atoms with Gasteiger partial charge in [-0.1, -0.05) is 29.8 Å². The van der Waals surface area contributed by atoms with Crippen molar-refractivity contribution in [3.05, 3.63) is 63.4 Å². The fourth-order valence-corrected chi connectivity index (χ4v) is 2.54. The van der Waals surface area contributed by atoms with E-state index in [1.54, 1.807) is 25.3 Å². The molecule has 0 spiro atoms. The van der Waals surface area contributed by atoms with E-state index in [1.165, 1.54) is 0 Å². The molecular formula is C16H16BrFO2. The average Bonchev–Trinajstić information content (AvgIpc) is 2.42. The standard InChI is InChI=1S/C16H16BrFO2/c1-10-6-7-15(20-2)11(8-10)9-14(19)12-4-3-5-13(17)16(12)18/h3-8,14,19H,9H2,1-2H3. The summed E-state index contributed by atoms with van der Waals surface area (Å²) in [5.74, 6) is 0.275. The molecule has 0 fully saturated rings. The topological polar surface area (TPSA) is 29.5 Å². The SMILES string of the molecule is COc1ccc(C)cc1CC(O)c1cccc(Br)c1F. The Balaban J connectivity index is 2.30. The van der Waals surface area contributed by atoms with E-state index in [9.17, 15) is 9.50 Å². The predicted molar refractivity (Wildman–Crippen MR) is 80.5 cm³/mol. The van der Waals surface area contributed by atoms with Crippen LogP contribution >= 0.6 is 15.9 Å². The van der Waals surface area contributed by atoms with Crippen LogP contribution in [0.3, 0.4) is 0 Å². The first kappa shape index (κ1) is 15.0. The zero-order chi connectivity index (χ0) is 14.7. The highest BCUT2D eigenvalue weighted by Gasteiger charge is 2.17. The molecule has 2 aromatic rings. The van der Waals surface area contributed by atoms with Crippen LogP contribution in [-0.4, -0.2) is 12.2 Å². The molecule has 0 aliphatic carbocycles. The van der Waals surface area contributed by atoms with Crippen LogP contribution in [-0.2, 0) is 6.42 Å². The molecule has 2 nitrogen and oxygen atoms in total. The number of aliphatic hydroxyl groups excluding tert-OH is 1. The van der Waals surface area contributed by atoms with Crippen molar-refractivity contribution in [2.45, 2.75) is 19.4 Å². The number of halogens is 2. The number of aryl methyl sites for hydroxylation is 1. The fourth-order valence-electron chi connectivity index (χ4n) is 2.16. The van der Waals surface area contributed by atoms with E-state index in [2.05, 4.69) is 15.9 Å². The minimum atomic E-state index is -0.914. The average molecular weight is 339 g/mol. The van der Waals surface area contributed by atoms with E-state index >= 15 is 0 Å². The van der Waals surface area contributed by atoms with E-state index in [0.717, 1.165) is 11.1 Å². The molecule has 0 amide bonds. The zero-order valence-corrected chi connectivity index (χ0v) is 12.9. The van der Waals surface area contributed by atoms with Gasteiger partial charge in [0, 0.05) is 12.0 Å². The highest BCUT2D eigenvalue weighted by molar-refractivity contribution is 9.10. The van der Waals surface area contributed by atoms with Gasteiger partial charge in [-0.05, 0) is 40.5 Å². The smallest absolute Gasteiger partial charge is 0.143 e. The van der Waals surface area contributed by atoms with Gasteiger partial charge in [0.1, 0.15) is 11.6 Å². The van der Waals surface area contributed by atoms with Gasteiger partial charge in [-0.15, -0.1) is 0 Å². The minimum Gasteiger partial charge on any atom is -0.496 e. The van der Waals surface area contributed by atoms with Gasteiger partial charge in [0.15, 0.2) is 0 Å². The van der Waals surface area contributed by atoms with Crippen molar-refractivity contribution in [1.82, 2.24) is 0 Å². The van der Waals surface area contributed by atoms with E-state index in [4.69, 9.17) is 4.74 Å². The van der Waals surface area contributed by atoms with Crippen LogP contribution in [0.5, 0.6) is 5.75 Å². The Bertz CT molecular complexity index is 613. The molecule has 20 heavy (non-hydrogen) atoms. The molecule has 2 aromatic carbocycles. The molecule has 0 aromatic heterocycles. The molecule has 0 aliphatic rings. The lowest BCUT2D eigenvalue weighted by Crippen LogP contribution is -2.06. The van der Waals surface area contributed by atoms with Gasteiger partial charge in [-0.2, -0.15) is 0 Å². The van der Waals surface area contributed by atoms with Crippen molar-refractivity contribution in [3.8, 4) is 5.75 Å². The molecule has 0 radical (unpaired) electrons. The van der Waals surface area contributed by atoms with Crippen LogP contribution in [0.4, 0.5) is 4.39 Å². The number of hydrogen-bond donors (Lipinski definition) is 1. The van der Waals surface area contributed by atoms with Crippen molar-refractivity contribution in [2.75, 3.05) is 7.11 Å². The Morgan fingerprint density at radius 3 is 2.75 bits per heavy atom. The summed E-state index contributed by atoms with van der Waals surface area (Å²) in [7, 11) is 1.58. The van der Waals surface area contributed by atoms with Crippen LogP contribution in [0.15, 0.2) is 40.9 Å². The van der Waals surface area contributed by atoms with Gasteiger partial charge in [0.25, 0.3) is 0 Å². The van der Waals surface area contributed by atoms with Crippen molar-refractivity contribution < 1.29 is 14.2 Å². The monoisotopic (exact) mass is 338 g/mol. The molecule has 106 valence electrons. The number of methoxy groups -OCH3 is 1. The van der Waals surface area contributed by atoms with E-state index in [0.29, 0.717) is 16.6 Å². The third-order valence-corrected chi connectivity index (χ3v) is 3.80. The van der Waals surface area contributed by atoms with Crippen molar-refractivity contribution in [3.63, 3.8) is 0 Å². The summed E-state index contributed by atoms with van der Waals surface area (Å²) in [5, 5.41) is 10.3. The molecule has 0 bridgehead atoms. The van der Waals surface area contributed by atoms with E-state index < -0.39 is 11.9 Å². The van der Waals surface area contributed by atoms with Crippen LogP contribution in [0, 0.1) is 12.7 Å². The second-order valence-corrected chi connectivity index (χ2v) is 5.53. The van der Waals surface area contributed by atoms with Crippen LogP contribution in [0.1, 0.15) is 22.8 Å². The second-order valence-electron chi connectivity index (χ2n) is 4.68. The highest BCUT2D eigenvalue weighted by atomic mass is 79.9. The molecule has 1 unspecified atom stereocenters. The van der Waals surface area contributed by atoms with E-state index in [1.807, 2.05) is 25.1 Å². The second kappa shape index (κ2) is 6.37. The Kier molecular flexibility index (Phi) is 4.78. The summed E-state index contributed by atoms with van der Waals surface area (Å²) in [6.07, 6.45) is -0.610. The first-order valence-electron chi connectivity index (χ1n) is 6.28. The molecule has 1 atom stereocenters. The van der Waals surface area contributed by atoms with Crippen LogP contribution in [0.2, 0.25) is 0 Å². The molecule has 0 aliphatic heterocycles.